The van der Waals surface area contributed by atoms with Crippen LogP contribution >= 0.6 is 11.6 Å². The molecule has 0 aliphatic carbocycles. The number of nitrogens with one attached hydrogen (secondary N) is 1. The summed E-state index contributed by atoms with van der Waals surface area (Å²) in [6, 6.07) is 16.3. The maximum atomic E-state index is 6.23. The molecule has 1 fully saturated rings. The van der Waals surface area contributed by atoms with Crippen molar-refractivity contribution in [1.29, 1.82) is 0 Å². The Balaban J connectivity index is 1.58. The topological polar surface area (TPSA) is 50.4 Å². The van der Waals surface area contributed by atoms with Crippen molar-refractivity contribution in [2.24, 2.45) is 0 Å². The minimum Gasteiger partial charge on any atom is -0.495 e. The Hall–Kier alpha value is -2.86. The first-order chi connectivity index (χ1) is 15.7. The molecule has 6 heteroatoms. The number of para-hydroxylation sites is 1. The predicted molar refractivity (Wildman–Crippen MR) is 129 cm³/mol. The van der Waals surface area contributed by atoms with Crippen LogP contribution in [0.1, 0.15) is 5.69 Å². The van der Waals surface area contributed by atoms with E-state index in [1.807, 2.05) is 42.7 Å². The van der Waals surface area contributed by atoms with Crippen LogP contribution in [0.5, 0.6) is 5.75 Å². The van der Waals surface area contributed by atoms with Gasteiger partial charge in [0.15, 0.2) is 0 Å². The van der Waals surface area contributed by atoms with Crippen LogP contribution in [-0.2, 0) is 11.2 Å². The molecule has 1 N–H and O–H groups in total. The molecule has 2 aromatic heterocycles. The summed E-state index contributed by atoms with van der Waals surface area (Å²) < 4.78 is 11.1. The van der Waals surface area contributed by atoms with Gasteiger partial charge in [-0.15, -0.1) is 0 Å². The standard InChI is InChI=1S/C26H26ClN3O2/c1-31-24-7-3-6-22-25(23(29-26(22)24)8-9-30-10-12-32-13-11-30)20-14-19(16-28-17-20)18-4-2-5-21(27)15-18/h2-7,14-17,29H,8-13H2,1H3. The number of methoxy groups -OCH3 is 1. The Labute approximate surface area is 192 Å². The normalized spacial score (nSPS) is 14.7. The van der Waals surface area contributed by atoms with Crippen molar-refractivity contribution in [3.8, 4) is 28.0 Å². The number of H-pyrrole nitrogens is 1. The summed E-state index contributed by atoms with van der Waals surface area (Å²) in [6.07, 6.45) is 4.74. The second-order valence-corrected chi connectivity index (χ2v) is 8.47. The predicted octanol–water partition coefficient (Wildman–Crippen LogP) is 5.43. The zero-order valence-electron chi connectivity index (χ0n) is 18.1. The second-order valence-electron chi connectivity index (χ2n) is 8.04. The number of morpholine rings is 1. The number of benzene rings is 2. The summed E-state index contributed by atoms with van der Waals surface area (Å²) in [4.78, 5) is 10.7. The molecule has 2 aromatic carbocycles. The Morgan fingerprint density at radius 3 is 2.66 bits per heavy atom. The average Bonchev–Trinajstić information content (AvgIpc) is 3.22. The van der Waals surface area contributed by atoms with Crippen molar-refractivity contribution in [2.45, 2.75) is 6.42 Å². The molecular weight excluding hydrogens is 422 g/mol. The quantitative estimate of drug-likeness (QED) is 0.428. The molecule has 32 heavy (non-hydrogen) atoms. The van der Waals surface area contributed by atoms with Crippen molar-refractivity contribution < 1.29 is 9.47 Å². The van der Waals surface area contributed by atoms with Crippen LogP contribution in [0.2, 0.25) is 5.02 Å². The molecule has 0 unspecified atom stereocenters. The number of rotatable bonds is 6. The van der Waals surface area contributed by atoms with Crippen molar-refractivity contribution in [1.82, 2.24) is 14.9 Å². The summed E-state index contributed by atoms with van der Waals surface area (Å²) >= 11 is 6.23. The van der Waals surface area contributed by atoms with E-state index in [1.165, 1.54) is 11.3 Å². The van der Waals surface area contributed by atoms with E-state index in [0.29, 0.717) is 0 Å². The van der Waals surface area contributed by atoms with Crippen molar-refractivity contribution in [3.05, 3.63) is 71.6 Å². The number of hydrogen-bond acceptors (Lipinski definition) is 4. The van der Waals surface area contributed by atoms with E-state index < -0.39 is 0 Å². The monoisotopic (exact) mass is 447 g/mol. The Morgan fingerprint density at radius 2 is 1.84 bits per heavy atom. The van der Waals surface area contributed by atoms with Crippen molar-refractivity contribution in [3.63, 3.8) is 0 Å². The molecule has 0 saturated carbocycles. The fourth-order valence-corrected chi connectivity index (χ4v) is 4.62. The van der Waals surface area contributed by atoms with Crippen LogP contribution in [0.25, 0.3) is 33.2 Å². The lowest BCUT2D eigenvalue weighted by Crippen LogP contribution is -2.37. The first-order valence-electron chi connectivity index (χ1n) is 10.9. The summed E-state index contributed by atoms with van der Waals surface area (Å²) in [7, 11) is 1.71. The molecule has 164 valence electrons. The fraction of sp³-hybridized carbons (Fsp3) is 0.269. The van der Waals surface area contributed by atoms with Gasteiger partial charge in [-0.25, -0.2) is 0 Å². The molecule has 1 saturated heterocycles. The van der Waals surface area contributed by atoms with Crippen LogP contribution in [-0.4, -0.2) is 54.8 Å². The fourth-order valence-electron chi connectivity index (χ4n) is 4.43. The summed E-state index contributed by atoms with van der Waals surface area (Å²) in [6.45, 7) is 4.54. The highest BCUT2D eigenvalue weighted by atomic mass is 35.5. The molecule has 0 bridgehead atoms. The number of halogens is 1. The van der Waals surface area contributed by atoms with Gasteiger partial charge in [0.2, 0.25) is 0 Å². The van der Waals surface area contributed by atoms with E-state index in [4.69, 9.17) is 21.1 Å². The molecule has 1 aliphatic rings. The highest BCUT2D eigenvalue weighted by Gasteiger charge is 2.18. The van der Waals surface area contributed by atoms with Gasteiger partial charge in [0.25, 0.3) is 0 Å². The Morgan fingerprint density at radius 1 is 1.03 bits per heavy atom. The van der Waals surface area contributed by atoms with E-state index >= 15 is 0 Å². The average molecular weight is 448 g/mol. The number of aromatic nitrogens is 2. The zero-order chi connectivity index (χ0) is 21.9. The lowest BCUT2D eigenvalue weighted by molar-refractivity contribution is 0.0384. The minimum atomic E-state index is 0.718. The molecule has 3 heterocycles. The van der Waals surface area contributed by atoms with Gasteiger partial charge in [-0.2, -0.15) is 0 Å². The lowest BCUT2D eigenvalue weighted by atomic mass is 9.98. The highest BCUT2D eigenvalue weighted by Crippen LogP contribution is 2.38. The number of hydrogen-bond donors (Lipinski definition) is 1. The number of aromatic amines is 1. The largest absolute Gasteiger partial charge is 0.495 e. The maximum Gasteiger partial charge on any atom is 0.142 e. The van der Waals surface area contributed by atoms with E-state index in [2.05, 4.69) is 33.1 Å². The van der Waals surface area contributed by atoms with Crippen LogP contribution in [0.15, 0.2) is 60.9 Å². The Kier molecular flexibility index (Phi) is 6.12. The van der Waals surface area contributed by atoms with Gasteiger partial charge < -0.3 is 14.5 Å². The first kappa shape index (κ1) is 21.0. The number of nitrogens with zero attached hydrogens (tertiary/aromatic N) is 2. The third kappa shape index (κ3) is 4.24. The third-order valence-electron chi connectivity index (χ3n) is 6.06. The first-order valence-corrected chi connectivity index (χ1v) is 11.3. The summed E-state index contributed by atoms with van der Waals surface area (Å²) in [5, 5.41) is 1.86. The molecule has 5 nitrogen and oxygen atoms in total. The minimum absolute atomic E-state index is 0.718. The molecule has 0 spiro atoms. The molecular formula is C26H26ClN3O2. The van der Waals surface area contributed by atoms with Crippen molar-refractivity contribution >= 4 is 22.5 Å². The van der Waals surface area contributed by atoms with Gasteiger partial charge in [-0.05, 0) is 29.8 Å². The number of ether oxygens (including phenoxy) is 2. The molecule has 0 amide bonds. The Bertz CT molecular complexity index is 1230. The van der Waals surface area contributed by atoms with E-state index in [0.717, 1.165) is 77.6 Å². The number of fused-ring (bicyclic) bond motifs is 1. The zero-order valence-corrected chi connectivity index (χ0v) is 18.9. The molecule has 5 rings (SSSR count). The van der Waals surface area contributed by atoms with Crippen LogP contribution < -0.4 is 4.74 Å². The van der Waals surface area contributed by atoms with Gasteiger partial charge in [-0.1, -0.05) is 35.9 Å². The molecule has 0 atom stereocenters. The smallest absolute Gasteiger partial charge is 0.142 e. The summed E-state index contributed by atoms with van der Waals surface area (Å²) in [5.74, 6) is 0.848. The van der Waals surface area contributed by atoms with Crippen LogP contribution in [0.3, 0.4) is 0 Å². The highest BCUT2D eigenvalue weighted by molar-refractivity contribution is 6.30. The van der Waals surface area contributed by atoms with E-state index in [-0.39, 0.29) is 0 Å². The molecule has 0 radical (unpaired) electrons. The summed E-state index contributed by atoms with van der Waals surface area (Å²) in [5.41, 5.74) is 6.58. The SMILES string of the molecule is COc1cccc2c(-c3cncc(-c4cccc(Cl)c4)c3)c(CCN3CCOCC3)[nH]c12. The lowest BCUT2D eigenvalue weighted by Gasteiger charge is -2.26. The van der Waals surface area contributed by atoms with E-state index in [1.54, 1.807) is 7.11 Å². The molecule has 1 aliphatic heterocycles. The van der Waals surface area contributed by atoms with Crippen LogP contribution in [0.4, 0.5) is 0 Å². The van der Waals surface area contributed by atoms with Crippen molar-refractivity contribution in [2.75, 3.05) is 40.0 Å². The van der Waals surface area contributed by atoms with Crippen LogP contribution in [0, 0.1) is 0 Å². The van der Waals surface area contributed by atoms with Gasteiger partial charge in [-0.3, -0.25) is 9.88 Å². The van der Waals surface area contributed by atoms with E-state index in [9.17, 15) is 0 Å². The van der Waals surface area contributed by atoms with Gasteiger partial charge in [0.1, 0.15) is 5.75 Å². The van der Waals surface area contributed by atoms with Gasteiger partial charge in [0, 0.05) is 71.2 Å². The second kappa shape index (κ2) is 9.33. The number of pyridine rings is 1. The molecule has 4 aromatic rings. The van der Waals surface area contributed by atoms with Gasteiger partial charge in [0.05, 0.1) is 25.8 Å². The maximum absolute atomic E-state index is 6.23. The van der Waals surface area contributed by atoms with Gasteiger partial charge >= 0.3 is 0 Å². The third-order valence-corrected chi connectivity index (χ3v) is 6.29.